The third-order valence-electron chi connectivity index (χ3n) is 4.02. The number of rotatable bonds is 2. The monoisotopic (exact) mass is 336 g/mol. The summed E-state index contributed by atoms with van der Waals surface area (Å²) in [6.07, 6.45) is 5.67. The van der Waals surface area contributed by atoms with Crippen LogP contribution < -0.4 is 0 Å². The van der Waals surface area contributed by atoms with Gasteiger partial charge >= 0.3 is 0 Å². The maximum atomic E-state index is 13.2. The van der Waals surface area contributed by atoms with Crippen LogP contribution in [-0.4, -0.2) is 18.9 Å². The summed E-state index contributed by atoms with van der Waals surface area (Å²) < 4.78 is 17.2. The SMILES string of the molecule is CC.Cc1ncn(-c2ccc(F)cc2)c1-c1ccc2ncc(C)n2c1. The number of hydrogen-bond acceptors (Lipinski definition) is 2. The molecule has 0 aliphatic carbocycles. The number of hydrogen-bond donors (Lipinski definition) is 0. The van der Waals surface area contributed by atoms with Crippen LogP contribution in [0.2, 0.25) is 0 Å². The Bertz CT molecular complexity index is 996. The van der Waals surface area contributed by atoms with Crippen molar-refractivity contribution in [1.29, 1.82) is 0 Å². The third-order valence-corrected chi connectivity index (χ3v) is 4.02. The molecule has 1 aromatic carbocycles. The molecule has 0 atom stereocenters. The smallest absolute Gasteiger partial charge is 0.136 e. The van der Waals surface area contributed by atoms with E-state index in [4.69, 9.17) is 0 Å². The number of fused-ring (bicyclic) bond motifs is 1. The first kappa shape index (κ1) is 16.9. The molecule has 4 aromatic rings. The number of nitrogens with zero attached hydrogens (tertiary/aromatic N) is 4. The fraction of sp³-hybridized carbons (Fsp3) is 0.200. The zero-order valence-electron chi connectivity index (χ0n) is 14.9. The second-order valence-corrected chi connectivity index (χ2v) is 5.57. The Morgan fingerprint density at radius 3 is 2.36 bits per heavy atom. The molecular formula is C20H21FN4. The van der Waals surface area contributed by atoms with E-state index in [0.717, 1.165) is 34.0 Å². The molecular weight excluding hydrogens is 315 g/mol. The first-order valence-corrected chi connectivity index (χ1v) is 8.37. The summed E-state index contributed by atoms with van der Waals surface area (Å²) >= 11 is 0. The molecule has 0 saturated carbocycles. The van der Waals surface area contributed by atoms with Crippen LogP contribution in [-0.2, 0) is 0 Å². The number of aromatic nitrogens is 4. The van der Waals surface area contributed by atoms with Crippen molar-refractivity contribution in [1.82, 2.24) is 18.9 Å². The van der Waals surface area contributed by atoms with Crippen molar-refractivity contribution in [3.63, 3.8) is 0 Å². The van der Waals surface area contributed by atoms with Gasteiger partial charge in [0.05, 0.1) is 17.7 Å². The van der Waals surface area contributed by atoms with Gasteiger partial charge in [-0.25, -0.2) is 14.4 Å². The molecule has 4 nitrogen and oxygen atoms in total. The fourth-order valence-corrected chi connectivity index (χ4v) is 2.83. The summed E-state index contributed by atoms with van der Waals surface area (Å²) in [6.45, 7) is 7.99. The average Bonchev–Trinajstić information content (AvgIpc) is 3.20. The van der Waals surface area contributed by atoms with Crippen LogP contribution >= 0.6 is 0 Å². The van der Waals surface area contributed by atoms with Gasteiger partial charge in [-0.1, -0.05) is 13.8 Å². The van der Waals surface area contributed by atoms with Gasteiger partial charge in [0.2, 0.25) is 0 Å². The lowest BCUT2D eigenvalue weighted by molar-refractivity contribution is 0.627. The lowest BCUT2D eigenvalue weighted by atomic mass is 10.1. The molecule has 3 aromatic heterocycles. The molecule has 3 heterocycles. The molecule has 0 unspecified atom stereocenters. The summed E-state index contributed by atoms with van der Waals surface area (Å²) in [7, 11) is 0. The van der Waals surface area contributed by atoms with E-state index >= 15 is 0 Å². The summed E-state index contributed by atoms with van der Waals surface area (Å²) in [6, 6.07) is 10.4. The first-order chi connectivity index (χ1) is 12.1. The maximum absolute atomic E-state index is 13.2. The second kappa shape index (κ2) is 6.89. The normalized spacial score (nSPS) is 10.6. The molecule has 0 amide bonds. The van der Waals surface area contributed by atoms with Crippen molar-refractivity contribution in [2.75, 3.05) is 0 Å². The summed E-state index contributed by atoms with van der Waals surface area (Å²) in [5.74, 6) is -0.248. The van der Waals surface area contributed by atoms with Crippen LogP contribution in [0.4, 0.5) is 4.39 Å². The minimum Gasteiger partial charge on any atom is -0.304 e. The summed E-state index contributed by atoms with van der Waals surface area (Å²) in [5.41, 5.74) is 5.82. The number of pyridine rings is 1. The maximum Gasteiger partial charge on any atom is 0.136 e. The highest BCUT2D eigenvalue weighted by atomic mass is 19.1. The topological polar surface area (TPSA) is 35.1 Å². The van der Waals surface area contributed by atoms with Gasteiger partial charge in [0.15, 0.2) is 0 Å². The van der Waals surface area contributed by atoms with Crippen molar-refractivity contribution < 1.29 is 4.39 Å². The molecule has 0 aliphatic rings. The van der Waals surface area contributed by atoms with E-state index in [-0.39, 0.29) is 5.82 Å². The Morgan fingerprint density at radius 2 is 1.64 bits per heavy atom. The average molecular weight is 336 g/mol. The lowest BCUT2D eigenvalue weighted by Gasteiger charge is -2.10. The number of halogens is 1. The van der Waals surface area contributed by atoms with Crippen molar-refractivity contribution in [3.8, 4) is 16.9 Å². The molecule has 128 valence electrons. The molecule has 4 rings (SSSR count). The second-order valence-electron chi connectivity index (χ2n) is 5.57. The highest BCUT2D eigenvalue weighted by Gasteiger charge is 2.13. The van der Waals surface area contributed by atoms with Gasteiger partial charge in [0.25, 0.3) is 0 Å². The minimum atomic E-state index is -0.248. The minimum absolute atomic E-state index is 0.248. The van der Waals surface area contributed by atoms with Crippen molar-refractivity contribution >= 4 is 5.65 Å². The predicted octanol–water partition coefficient (Wildman–Crippen LogP) is 4.97. The molecule has 0 fully saturated rings. The molecule has 0 aliphatic heterocycles. The van der Waals surface area contributed by atoms with Gasteiger partial charge in [0, 0.05) is 29.3 Å². The van der Waals surface area contributed by atoms with E-state index in [9.17, 15) is 4.39 Å². The quantitative estimate of drug-likeness (QED) is 0.518. The van der Waals surface area contributed by atoms with Gasteiger partial charge in [-0.3, -0.25) is 4.57 Å². The molecule has 25 heavy (non-hydrogen) atoms. The van der Waals surface area contributed by atoms with Crippen LogP contribution in [0, 0.1) is 19.7 Å². The number of imidazole rings is 2. The van der Waals surface area contributed by atoms with Gasteiger partial charge in [0.1, 0.15) is 11.5 Å². The Kier molecular flexibility index (Phi) is 4.65. The Labute approximate surface area is 146 Å². The molecule has 5 heteroatoms. The molecule has 0 spiro atoms. The van der Waals surface area contributed by atoms with Crippen molar-refractivity contribution in [3.05, 3.63) is 72.3 Å². The predicted molar refractivity (Wildman–Crippen MR) is 98.5 cm³/mol. The Morgan fingerprint density at radius 1 is 0.920 bits per heavy atom. The zero-order valence-corrected chi connectivity index (χ0v) is 14.9. The summed E-state index contributed by atoms with van der Waals surface area (Å²) in [4.78, 5) is 8.78. The van der Waals surface area contributed by atoms with Crippen LogP contribution in [0.5, 0.6) is 0 Å². The van der Waals surface area contributed by atoms with E-state index in [0.29, 0.717) is 0 Å². The highest BCUT2D eigenvalue weighted by Crippen LogP contribution is 2.27. The van der Waals surface area contributed by atoms with E-state index in [1.165, 1.54) is 12.1 Å². The fourth-order valence-electron chi connectivity index (χ4n) is 2.83. The van der Waals surface area contributed by atoms with Crippen molar-refractivity contribution in [2.24, 2.45) is 0 Å². The van der Waals surface area contributed by atoms with E-state index in [2.05, 4.69) is 20.6 Å². The van der Waals surface area contributed by atoms with Crippen LogP contribution in [0.1, 0.15) is 25.2 Å². The van der Waals surface area contributed by atoms with Crippen LogP contribution in [0.25, 0.3) is 22.6 Å². The van der Waals surface area contributed by atoms with E-state index in [1.807, 2.05) is 50.6 Å². The standard InChI is InChI=1S/C18H15FN4.C2H6/c1-12-9-20-17-8-3-14(10-22(12)17)18-13(2)21-11-23(18)16-6-4-15(19)5-7-16;1-2/h3-11H,1-2H3;1-2H3. The molecule has 0 radical (unpaired) electrons. The van der Waals surface area contributed by atoms with Crippen molar-refractivity contribution in [2.45, 2.75) is 27.7 Å². The molecule has 0 bridgehead atoms. The van der Waals surface area contributed by atoms with E-state index in [1.54, 1.807) is 18.5 Å². The van der Waals surface area contributed by atoms with Crippen LogP contribution in [0.15, 0.2) is 55.1 Å². The largest absolute Gasteiger partial charge is 0.304 e. The van der Waals surface area contributed by atoms with Gasteiger partial charge in [-0.05, 0) is 50.2 Å². The van der Waals surface area contributed by atoms with Gasteiger partial charge in [-0.2, -0.15) is 0 Å². The van der Waals surface area contributed by atoms with Gasteiger partial charge in [-0.15, -0.1) is 0 Å². The Hall–Kier alpha value is -2.95. The van der Waals surface area contributed by atoms with Gasteiger partial charge < -0.3 is 4.40 Å². The number of aryl methyl sites for hydroxylation is 2. The lowest BCUT2D eigenvalue weighted by Crippen LogP contribution is -1.98. The van der Waals surface area contributed by atoms with E-state index < -0.39 is 0 Å². The summed E-state index contributed by atoms with van der Waals surface area (Å²) in [5, 5.41) is 0. The third kappa shape index (κ3) is 3.05. The molecule has 0 saturated heterocycles. The number of benzene rings is 1. The molecule has 0 N–H and O–H groups in total. The Balaban J connectivity index is 0.000000880. The zero-order chi connectivity index (χ0) is 18.0. The van der Waals surface area contributed by atoms with Crippen LogP contribution in [0.3, 0.4) is 0 Å². The highest BCUT2D eigenvalue weighted by molar-refractivity contribution is 5.66. The first-order valence-electron chi connectivity index (χ1n) is 8.37.